The molecule has 0 amide bonds. The zero-order valence-corrected chi connectivity index (χ0v) is 12.3. The minimum atomic E-state index is -0.762. The van der Waals surface area contributed by atoms with E-state index in [0.717, 1.165) is 29.7 Å². The Hall–Kier alpha value is -1.88. The summed E-state index contributed by atoms with van der Waals surface area (Å²) in [4.78, 5) is 17.8. The van der Waals surface area contributed by atoms with Gasteiger partial charge in [-0.2, -0.15) is 0 Å². The Morgan fingerprint density at radius 2 is 2.24 bits per heavy atom. The zero-order valence-electron chi connectivity index (χ0n) is 12.3. The smallest absolute Gasteiger partial charge is 0.317 e. The van der Waals surface area contributed by atoms with Crippen molar-refractivity contribution in [3.63, 3.8) is 0 Å². The standard InChI is InChI=1S/C16H21N3O2/c1-12-5-4-8-18-9-13(17-16(12)18)10-19(11-15(20)21)14-6-2-3-7-14/h4-5,8-9,14H,2-3,6-7,10-11H2,1H3,(H,20,21). The van der Waals surface area contributed by atoms with E-state index in [2.05, 4.69) is 9.88 Å². The summed E-state index contributed by atoms with van der Waals surface area (Å²) in [7, 11) is 0. The molecule has 2 aromatic rings. The number of hydrogen-bond acceptors (Lipinski definition) is 3. The van der Waals surface area contributed by atoms with Crippen molar-refractivity contribution in [2.24, 2.45) is 0 Å². The van der Waals surface area contributed by atoms with Gasteiger partial charge in [0.05, 0.1) is 12.2 Å². The summed E-state index contributed by atoms with van der Waals surface area (Å²) in [6.07, 6.45) is 8.58. The molecule has 112 valence electrons. The van der Waals surface area contributed by atoms with Gasteiger partial charge in [0.2, 0.25) is 0 Å². The number of nitrogens with zero attached hydrogens (tertiary/aromatic N) is 3. The van der Waals surface area contributed by atoms with Crippen LogP contribution < -0.4 is 0 Å². The van der Waals surface area contributed by atoms with Crippen LogP contribution in [0.25, 0.3) is 5.65 Å². The Labute approximate surface area is 124 Å². The summed E-state index contributed by atoms with van der Waals surface area (Å²) < 4.78 is 2.01. The van der Waals surface area contributed by atoms with Crippen LogP contribution in [0.1, 0.15) is 36.9 Å². The summed E-state index contributed by atoms with van der Waals surface area (Å²) in [6.45, 7) is 2.74. The first kappa shape index (κ1) is 14.1. The largest absolute Gasteiger partial charge is 0.480 e. The number of carbonyl (C=O) groups is 1. The van der Waals surface area contributed by atoms with Crippen LogP contribution in [0.3, 0.4) is 0 Å². The molecule has 0 aliphatic heterocycles. The van der Waals surface area contributed by atoms with Gasteiger partial charge < -0.3 is 9.51 Å². The molecule has 0 aromatic carbocycles. The van der Waals surface area contributed by atoms with Crippen molar-refractivity contribution in [1.82, 2.24) is 14.3 Å². The molecule has 1 fully saturated rings. The second-order valence-corrected chi connectivity index (χ2v) is 5.89. The maximum atomic E-state index is 11.1. The van der Waals surface area contributed by atoms with Crippen LogP contribution in [0.15, 0.2) is 24.5 Å². The van der Waals surface area contributed by atoms with Gasteiger partial charge in [0.25, 0.3) is 0 Å². The predicted octanol–water partition coefficient (Wildman–Crippen LogP) is 2.47. The second kappa shape index (κ2) is 5.85. The predicted molar refractivity (Wildman–Crippen MR) is 80.2 cm³/mol. The third-order valence-electron chi connectivity index (χ3n) is 4.27. The lowest BCUT2D eigenvalue weighted by atomic mass is 10.2. The fourth-order valence-corrected chi connectivity index (χ4v) is 3.25. The van der Waals surface area contributed by atoms with Crippen molar-refractivity contribution in [3.8, 4) is 0 Å². The molecular weight excluding hydrogens is 266 g/mol. The van der Waals surface area contributed by atoms with E-state index in [1.807, 2.05) is 35.9 Å². The van der Waals surface area contributed by atoms with Crippen molar-refractivity contribution < 1.29 is 9.90 Å². The minimum absolute atomic E-state index is 0.0948. The van der Waals surface area contributed by atoms with Gasteiger partial charge in [0, 0.05) is 25.0 Å². The number of imidazole rings is 1. The molecule has 0 saturated heterocycles. The molecule has 1 aliphatic carbocycles. The number of hydrogen-bond donors (Lipinski definition) is 1. The van der Waals surface area contributed by atoms with Gasteiger partial charge in [-0.25, -0.2) is 4.98 Å². The van der Waals surface area contributed by atoms with Crippen LogP contribution >= 0.6 is 0 Å². The van der Waals surface area contributed by atoms with Crippen molar-refractivity contribution in [1.29, 1.82) is 0 Å². The third-order valence-corrected chi connectivity index (χ3v) is 4.27. The van der Waals surface area contributed by atoms with Gasteiger partial charge in [0.15, 0.2) is 0 Å². The summed E-state index contributed by atoms with van der Waals surface area (Å²) >= 11 is 0. The lowest BCUT2D eigenvalue weighted by molar-refractivity contribution is -0.139. The first-order chi connectivity index (χ1) is 10.1. The first-order valence-corrected chi connectivity index (χ1v) is 7.52. The number of aromatic nitrogens is 2. The highest BCUT2D eigenvalue weighted by molar-refractivity contribution is 5.69. The van der Waals surface area contributed by atoms with E-state index in [9.17, 15) is 4.79 Å². The molecule has 1 aliphatic rings. The number of rotatable bonds is 5. The Bertz CT molecular complexity index is 644. The van der Waals surface area contributed by atoms with Gasteiger partial charge in [-0.15, -0.1) is 0 Å². The molecule has 0 radical (unpaired) electrons. The van der Waals surface area contributed by atoms with Crippen LogP contribution in [-0.2, 0) is 11.3 Å². The summed E-state index contributed by atoms with van der Waals surface area (Å²) in [5.41, 5.74) is 3.03. The molecule has 5 heteroatoms. The average Bonchev–Trinajstić information content (AvgIpc) is 3.06. The van der Waals surface area contributed by atoms with Crippen LogP contribution in [-0.4, -0.2) is 37.9 Å². The molecule has 0 bridgehead atoms. The van der Waals surface area contributed by atoms with E-state index in [0.29, 0.717) is 12.6 Å². The second-order valence-electron chi connectivity index (χ2n) is 5.89. The number of carboxylic acids is 1. The molecule has 2 heterocycles. The zero-order chi connectivity index (χ0) is 14.8. The van der Waals surface area contributed by atoms with E-state index >= 15 is 0 Å². The lowest BCUT2D eigenvalue weighted by Gasteiger charge is -2.26. The highest BCUT2D eigenvalue weighted by Crippen LogP contribution is 2.25. The first-order valence-electron chi connectivity index (χ1n) is 7.52. The molecule has 1 N–H and O–H groups in total. The summed E-state index contributed by atoms with van der Waals surface area (Å²) in [5, 5.41) is 9.14. The van der Waals surface area contributed by atoms with Gasteiger partial charge >= 0.3 is 5.97 Å². The van der Waals surface area contributed by atoms with Crippen LogP contribution in [0.5, 0.6) is 0 Å². The van der Waals surface area contributed by atoms with E-state index < -0.39 is 5.97 Å². The molecule has 5 nitrogen and oxygen atoms in total. The molecule has 3 rings (SSSR count). The number of aliphatic carboxylic acids is 1. The summed E-state index contributed by atoms with van der Waals surface area (Å²) in [5.74, 6) is -0.762. The minimum Gasteiger partial charge on any atom is -0.480 e. The fraction of sp³-hybridized carbons (Fsp3) is 0.500. The number of fused-ring (bicyclic) bond motifs is 1. The average molecular weight is 287 g/mol. The Morgan fingerprint density at radius 3 is 2.90 bits per heavy atom. The van der Waals surface area contributed by atoms with Crippen molar-refractivity contribution in [3.05, 3.63) is 35.8 Å². The normalized spacial score (nSPS) is 16.1. The maximum absolute atomic E-state index is 11.1. The van der Waals surface area contributed by atoms with Crippen LogP contribution in [0.2, 0.25) is 0 Å². The van der Waals surface area contributed by atoms with E-state index in [1.54, 1.807) is 0 Å². The SMILES string of the molecule is Cc1cccn2cc(CN(CC(=O)O)C3CCCC3)nc12. The molecule has 0 spiro atoms. The fourth-order valence-electron chi connectivity index (χ4n) is 3.25. The van der Waals surface area contributed by atoms with Crippen LogP contribution in [0.4, 0.5) is 0 Å². The number of aryl methyl sites for hydroxylation is 1. The molecule has 21 heavy (non-hydrogen) atoms. The van der Waals surface area contributed by atoms with Gasteiger partial charge in [-0.05, 0) is 31.4 Å². The molecule has 1 saturated carbocycles. The van der Waals surface area contributed by atoms with Gasteiger partial charge in [0.1, 0.15) is 5.65 Å². The molecule has 2 aromatic heterocycles. The van der Waals surface area contributed by atoms with Gasteiger partial charge in [-0.3, -0.25) is 9.69 Å². The highest BCUT2D eigenvalue weighted by Gasteiger charge is 2.25. The molecule has 0 atom stereocenters. The quantitative estimate of drug-likeness (QED) is 0.918. The highest BCUT2D eigenvalue weighted by atomic mass is 16.4. The Morgan fingerprint density at radius 1 is 1.48 bits per heavy atom. The molecule has 0 unspecified atom stereocenters. The van der Waals surface area contributed by atoms with E-state index in [-0.39, 0.29) is 6.54 Å². The number of pyridine rings is 1. The monoisotopic (exact) mass is 287 g/mol. The van der Waals surface area contributed by atoms with Crippen molar-refractivity contribution in [2.45, 2.75) is 45.2 Å². The van der Waals surface area contributed by atoms with Crippen LogP contribution in [0, 0.1) is 6.92 Å². The topological polar surface area (TPSA) is 57.8 Å². The Balaban J connectivity index is 1.82. The Kier molecular flexibility index (Phi) is 3.92. The molecular formula is C16H21N3O2. The van der Waals surface area contributed by atoms with E-state index in [4.69, 9.17) is 5.11 Å². The summed E-state index contributed by atoms with van der Waals surface area (Å²) in [6, 6.07) is 4.42. The number of carboxylic acid groups (broad SMARTS) is 1. The van der Waals surface area contributed by atoms with Crippen molar-refractivity contribution in [2.75, 3.05) is 6.54 Å². The lowest BCUT2D eigenvalue weighted by Crippen LogP contribution is -2.37. The maximum Gasteiger partial charge on any atom is 0.317 e. The van der Waals surface area contributed by atoms with Crippen molar-refractivity contribution >= 4 is 11.6 Å². The van der Waals surface area contributed by atoms with Gasteiger partial charge in [-0.1, -0.05) is 18.9 Å². The third kappa shape index (κ3) is 3.08. The van der Waals surface area contributed by atoms with E-state index in [1.165, 1.54) is 12.8 Å².